The van der Waals surface area contributed by atoms with Crippen LogP contribution in [-0.4, -0.2) is 117 Å². The van der Waals surface area contributed by atoms with Gasteiger partial charge in [0.2, 0.25) is 10.9 Å². The quantitative estimate of drug-likeness (QED) is 0.0109. The first-order valence-corrected chi connectivity index (χ1v) is 28.0. The highest BCUT2D eigenvalue weighted by Gasteiger charge is 2.26. The molecule has 9 N–H and O–H groups in total. The molecule has 0 aliphatic rings. The SMILES string of the molecule is O=c1c(N=Nc2ccc(S(=O)(=O)CCOSOOO)cc2S(=O)(=O)O)c(O)/c(=N\Nc2ccc(S(=O)(=O)CCOS(=O)(=O)O)cc2S(=O)(=O)O)c(=O)/c1=N\Nc1cc(S(=O)(=O)O)ccc1S(=O)(=O)O. The molecule has 0 saturated heterocycles. The normalized spacial score (nSPS) is 13.8. The molecule has 0 radical (unpaired) electrons. The summed E-state index contributed by atoms with van der Waals surface area (Å²) in [5.74, 6) is -3.78. The van der Waals surface area contributed by atoms with Crippen LogP contribution in [0, 0.1) is 0 Å². The zero-order chi connectivity index (χ0) is 52.1. The highest BCUT2D eigenvalue weighted by Crippen LogP contribution is 2.31. The molecule has 0 heterocycles. The van der Waals surface area contributed by atoms with E-state index in [1.165, 1.54) is 0 Å². The molecule has 0 amide bonds. The number of azo groups is 1. The van der Waals surface area contributed by atoms with E-state index in [0.717, 1.165) is 0 Å². The average Bonchev–Trinajstić information content (AvgIpc) is 3.21. The van der Waals surface area contributed by atoms with Gasteiger partial charge in [0.1, 0.15) is 20.4 Å². The summed E-state index contributed by atoms with van der Waals surface area (Å²) in [4.78, 5) is 20.7. The second-order valence-electron chi connectivity index (χ2n) is 12.5. The lowest BCUT2D eigenvalue weighted by Gasteiger charge is -2.10. The summed E-state index contributed by atoms with van der Waals surface area (Å²) in [5.41, 5.74) is -4.63. The van der Waals surface area contributed by atoms with Crippen molar-refractivity contribution in [1.82, 2.24) is 0 Å². The highest BCUT2D eigenvalue weighted by molar-refractivity contribution is 7.92. The number of aromatic hydroxyl groups is 1. The number of sulfone groups is 2. The minimum absolute atomic E-state index is 0.00963. The fourth-order valence-electron chi connectivity index (χ4n) is 4.94. The number of rotatable bonds is 22. The van der Waals surface area contributed by atoms with Crippen molar-refractivity contribution in [3.05, 3.63) is 85.8 Å². The number of nitrogens with zero attached hydrogens (tertiary/aromatic N) is 4. The third kappa shape index (κ3) is 14.8. The predicted octanol–water partition coefficient (Wildman–Crippen LogP) is -1.39. The molecule has 0 unspecified atom stereocenters. The van der Waals surface area contributed by atoms with Crippen LogP contribution in [-0.2, 0) is 88.3 Å². The Balaban J connectivity index is 2.00. The summed E-state index contributed by atoms with van der Waals surface area (Å²) < 4.78 is 230. The molecule has 33 nitrogen and oxygen atoms in total. The maximum atomic E-state index is 13.7. The number of phenols is 1. The van der Waals surface area contributed by atoms with E-state index in [1.807, 2.05) is 5.43 Å². The van der Waals surface area contributed by atoms with Gasteiger partial charge in [0.05, 0.1) is 50.8 Å². The summed E-state index contributed by atoms with van der Waals surface area (Å²) in [6.07, 6.45) is 0. The van der Waals surface area contributed by atoms with E-state index in [4.69, 9.17) is 9.81 Å². The molecule has 0 aromatic heterocycles. The van der Waals surface area contributed by atoms with E-state index >= 15 is 0 Å². The maximum Gasteiger partial charge on any atom is 0.397 e. The smallest absolute Gasteiger partial charge is 0.397 e. The molecule has 4 aromatic carbocycles. The van der Waals surface area contributed by atoms with Crippen LogP contribution in [0.4, 0.5) is 22.7 Å². The Labute approximate surface area is 390 Å². The molecular weight excluding hydrogens is 1110 g/mol. The molecule has 0 aliphatic heterocycles. The lowest BCUT2D eigenvalue weighted by Crippen LogP contribution is -2.48. The first kappa shape index (κ1) is 56.3. The van der Waals surface area contributed by atoms with Crippen LogP contribution in [0.1, 0.15) is 0 Å². The Bertz CT molecular complexity index is 3790. The fraction of sp³-hybridized carbons (Fsp3) is 0.143. The van der Waals surface area contributed by atoms with Crippen molar-refractivity contribution in [3.63, 3.8) is 0 Å². The second kappa shape index (κ2) is 21.4. The van der Waals surface area contributed by atoms with Crippen LogP contribution in [0.3, 0.4) is 0 Å². The third-order valence-electron chi connectivity index (χ3n) is 7.95. The van der Waals surface area contributed by atoms with Crippen molar-refractivity contribution < 1.29 is 110 Å². The second-order valence-corrected chi connectivity index (χ2v) is 23.9. The van der Waals surface area contributed by atoms with Crippen molar-refractivity contribution in [2.75, 3.05) is 35.6 Å². The van der Waals surface area contributed by atoms with Gasteiger partial charge in [-0.05, 0) is 54.6 Å². The number of nitrogens with one attached hydrogen (secondary N) is 2. The third-order valence-corrected chi connectivity index (χ3v) is 15.7. The minimum atomic E-state index is -5.52. The summed E-state index contributed by atoms with van der Waals surface area (Å²) in [5, 5.41) is 33.1. The molecule has 0 fully saturated rings. The topological polar surface area (TPSA) is 525 Å². The van der Waals surface area contributed by atoms with E-state index in [-0.39, 0.29) is 18.4 Å². The van der Waals surface area contributed by atoms with Gasteiger partial charge in [0.15, 0.2) is 54.1 Å². The van der Waals surface area contributed by atoms with E-state index in [1.54, 1.807) is 5.43 Å². The molecule has 69 heavy (non-hydrogen) atoms. The van der Waals surface area contributed by atoms with Crippen LogP contribution in [0.2, 0.25) is 0 Å². The van der Waals surface area contributed by atoms with Gasteiger partial charge in [-0.2, -0.15) is 52.3 Å². The fourth-order valence-corrected chi connectivity index (χ4v) is 10.5. The van der Waals surface area contributed by atoms with Gasteiger partial charge in [0.25, 0.3) is 40.5 Å². The van der Waals surface area contributed by atoms with Gasteiger partial charge in [0, 0.05) is 0 Å². The Hall–Kier alpha value is -5.32. The largest absolute Gasteiger partial charge is 0.504 e. The van der Waals surface area contributed by atoms with Crippen molar-refractivity contribution in [3.8, 4) is 5.75 Å². The molecule has 4 aromatic rings. The summed E-state index contributed by atoms with van der Waals surface area (Å²) in [6.45, 7) is -1.86. The maximum absolute atomic E-state index is 13.7. The summed E-state index contributed by atoms with van der Waals surface area (Å²) in [6, 6.07) is 4.28. The summed E-state index contributed by atoms with van der Waals surface area (Å²) >= 11 is -0.00963. The van der Waals surface area contributed by atoms with Crippen LogP contribution in [0.15, 0.2) is 114 Å². The molecule has 41 heteroatoms. The number of benzene rings is 4. The molecule has 0 saturated carbocycles. The number of anilines is 2. The average molecular weight is 1140 g/mol. The number of hydrogen-bond donors (Lipinski definition) is 9. The zero-order valence-electron chi connectivity index (χ0n) is 32.9. The number of phenolic OH excluding ortho intramolecular Hbond substituents is 1. The zero-order valence-corrected chi connectivity index (χ0v) is 39.4. The van der Waals surface area contributed by atoms with Crippen molar-refractivity contribution in [1.29, 1.82) is 0 Å². The standard InChI is InChI=1S/C28H26N6O27S8/c35-26-23(32-29-17-4-1-14(12-21(17)67(49,50)51)63(39,40)9-7-58-62-61-60-38)27(36)25(34-31-19-11-16(65(43,44)45)3-6-20(19)66(46,47)48)28(37)24(26)33-30-18-5-2-15(13-22(18)68(52,53)54)64(41,42)10-8-59-69(55,56)57/h1-6,11-13,30-31,35,38H,7-10H2,(H,43,44,45)(H,46,47,48)(H,49,50,51)(H,52,53,54)(H,55,56,57)/b32-29?,33-24+,34-25-. The highest BCUT2D eigenvalue weighted by atomic mass is 32.3. The monoisotopic (exact) mass is 1130 g/mol. The molecule has 0 bridgehead atoms. The van der Waals surface area contributed by atoms with Crippen molar-refractivity contribution >= 4 is 106 Å². The van der Waals surface area contributed by atoms with E-state index < -0.39 is 175 Å². The molecule has 0 aliphatic carbocycles. The first-order valence-electron chi connectivity index (χ1n) is 16.9. The Morgan fingerprint density at radius 2 is 1.07 bits per heavy atom. The van der Waals surface area contributed by atoms with Crippen LogP contribution >= 0.6 is 12.3 Å². The van der Waals surface area contributed by atoms with Crippen LogP contribution in [0.25, 0.3) is 0 Å². The molecule has 0 atom stereocenters. The van der Waals surface area contributed by atoms with E-state index in [2.05, 4.69) is 38.2 Å². The van der Waals surface area contributed by atoms with Crippen LogP contribution in [0.5, 0.6) is 5.75 Å². The summed E-state index contributed by atoms with van der Waals surface area (Å²) in [7, 11) is -35.8. The van der Waals surface area contributed by atoms with E-state index in [0.29, 0.717) is 48.5 Å². The van der Waals surface area contributed by atoms with Gasteiger partial charge in [-0.15, -0.1) is 14.6 Å². The van der Waals surface area contributed by atoms with Crippen molar-refractivity contribution in [2.24, 2.45) is 20.4 Å². The van der Waals surface area contributed by atoms with E-state index in [9.17, 15) is 91.8 Å². The van der Waals surface area contributed by atoms with Gasteiger partial charge in [-0.1, -0.05) is 5.04 Å². The Morgan fingerprint density at radius 3 is 1.62 bits per heavy atom. The van der Waals surface area contributed by atoms with Crippen molar-refractivity contribution in [2.45, 2.75) is 29.4 Å². The minimum Gasteiger partial charge on any atom is -0.504 e. The lowest BCUT2D eigenvalue weighted by molar-refractivity contribution is -0.434. The Kier molecular flexibility index (Phi) is 17.4. The number of hydrogen-bond acceptors (Lipinski definition) is 29. The molecule has 0 spiro atoms. The molecule has 4 rings (SSSR count). The van der Waals surface area contributed by atoms with Gasteiger partial charge >= 0.3 is 10.4 Å². The van der Waals surface area contributed by atoms with Gasteiger partial charge in [-0.25, -0.2) is 26.3 Å². The molecular formula is C28H26N6O27S8. The lowest BCUT2D eigenvalue weighted by atomic mass is 10.2. The van der Waals surface area contributed by atoms with Crippen LogP contribution < -0.4 is 32.4 Å². The first-order chi connectivity index (χ1) is 31.6. The predicted molar refractivity (Wildman–Crippen MR) is 224 cm³/mol. The van der Waals surface area contributed by atoms with Gasteiger partial charge in [-0.3, -0.25) is 47.4 Å². The Morgan fingerprint density at radius 1 is 0.551 bits per heavy atom. The van der Waals surface area contributed by atoms with Gasteiger partial charge < -0.3 is 5.11 Å². The molecule has 378 valence electrons.